The van der Waals surface area contributed by atoms with E-state index >= 15 is 0 Å². The van der Waals surface area contributed by atoms with Crippen molar-refractivity contribution in [2.24, 2.45) is 5.73 Å². The molecule has 0 radical (unpaired) electrons. The Morgan fingerprint density at radius 3 is 2.29 bits per heavy atom. The van der Waals surface area contributed by atoms with E-state index in [1.165, 1.54) is 11.1 Å². The molecular weight excluding hydrogens is 280 g/mol. The van der Waals surface area contributed by atoms with E-state index in [-0.39, 0.29) is 11.9 Å². The molecule has 3 rings (SSSR count). The summed E-state index contributed by atoms with van der Waals surface area (Å²) in [5.41, 5.74) is 9.55. The Bertz CT molecular complexity index is 686. The van der Waals surface area contributed by atoms with Crippen LogP contribution in [0.3, 0.4) is 0 Å². The maximum absolute atomic E-state index is 12.3. The highest BCUT2D eigenvalue weighted by molar-refractivity contribution is 7.80. The Labute approximate surface area is 129 Å². The van der Waals surface area contributed by atoms with E-state index in [9.17, 15) is 4.79 Å². The Morgan fingerprint density at radius 1 is 1.05 bits per heavy atom. The smallest absolute Gasteiger partial charge is 0.251 e. The molecule has 0 spiro atoms. The van der Waals surface area contributed by atoms with Crippen LogP contribution in [0.1, 0.15) is 27.0 Å². The van der Waals surface area contributed by atoms with Crippen molar-refractivity contribution < 1.29 is 4.79 Å². The quantitative estimate of drug-likeness (QED) is 0.854. The molecule has 1 aliphatic rings. The lowest BCUT2D eigenvalue weighted by Crippen LogP contribution is -2.35. The Kier molecular flexibility index (Phi) is 3.71. The van der Waals surface area contributed by atoms with Gasteiger partial charge in [0.1, 0.15) is 4.99 Å². The number of benzene rings is 2. The summed E-state index contributed by atoms with van der Waals surface area (Å²) >= 11 is 4.95. The fourth-order valence-corrected chi connectivity index (χ4v) is 2.87. The van der Waals surface area contributed by atoms with Gasteiger partial charge >= 0.3 is 0 Å². The number of carbonyl (C=O) groups excluding carboxylic acids is 1. The summed E-state index contributed by atoms with van der Waals surface area (Å²) in [6.07, 6.45) is 1.77. The molecule has 0 saturated carbocycles. The van der Waals surface area contributed by atoms with Gasteiger partial charge < -0.3 is 11.1 Å². The summed E-state index contributed by atoms with van der Waals surface area (Å²) in [6, 6.07) is 15.6. The van der Waals surface area contributed by atoms with Gasteiger partial charge in [-0.05, 0) is 36.1 Å². The van der Waals surface area contributed by atoms with Crippen molar-refractivity contribution in [3.8, 4) is 0 Å². The predicted octanol–water partition coefficient (Wildman–Crippen LogP) is 2.22. The molecule has 0 fully saturated rings. The highest BCUT2D eigenvalue weighted by Gasteiger charge is 2.22. The lowest BCUT2D eigenvalue weighted by atomic mass is 10.1. The Balaban J connectivity index is 1.71. The molecular formula is C17H16N2OS. The molecule has 0 heterocycles. The average molecular weight is 296 g/mol. The van der Waals surface area contributed by atoms with E-state index in [1.54, 1.807) is 18.2 Å². The van der Waals surface area contributed by atoms with Crippen molar-refractivity contribution in [1.82, 2.24) is 5.32 Å². The normalized spacial score (nSPS) is 13.7. The van der Waals surface area contributed by atoms with Crippen molar-refractivity contribution in [1.29, 1.82) is 0 Å². The number of hydrogen-bond donors (Lipinski definition) is 2. The Morgan fingerprint density at radius 2 is 1.67 bits per heavy atom. The second-order valence-corrected chi connectivity index (χ2v) is 5.73. The zero-order chi connectivity index (χ0) is 14.8. The van der Waals surface area contributed by atoms with Crippen molar-refractivity contribution in [2.75, 3.05) is 0 Å². The zero-order valence-electron chi connectivity index (χ0n) is 11.5. The fourth-order valence-electron chi connectivity index (χ4n) is 2.74. The van der Waals surface area contributed by atoms with Gasteiger partial charge in [-0.3, -0.25) is 4.79 Å². The van der Waals surface area contributed by atoms with E-state index in [0.29, 0.717) is 16.1 Å². The molecule has 4 heteroatoms. The third kappa shape index (κ3) is 2.95. The van der Waals surface area contributed by atoms with Crippen LogP contribution < -0.4 is 11.1 Å². The van der Waals surface area contributed by atoms with Crippen molar-refractivity contribution in [3.63, 3.8) is 0 Å². The van der Waals surface area contributed by atoms with Gasteiger partial charge in [-0.2, -0.15) is 0 Å². The van der Waals surface area contributed by atoms with Gasteiger partial charge in [0, 0.05) is 17.2 Å². The highest BCUT2D eigenvalue weighted by atomic mass is 32.1. The van der Waals surface area contributed by atoms with Gasteiger partial charge in [-0.15, -0.1) is 0 Å². The van der Waals surface area contributed by atoms with Crippen LogP contribution in [-0.2, 0) is 12.8 Å². The van der Waals surface area contributed by atoms with Crippen LogP contribution in [-0.4, -0.2) is 16.9 Å². The monoisotopic (exact) mass is 296 g/mol. The summed E-state index contributed by atoms with van der Waals surface area (Å²) in [6.45, 7) is 0. The lowest BCUT2D eigenvalue weighted by molar-refractivity contribution is 0.0938. The maximum atomic E-state index is 12.3. The fraction of sp³-hybridized carbons (Fsp3) is 0.176. The molecule has 0 unspecified atom stereocenters. The van der Waals surface area contributed by atoms with Crippen molar-refractivity contribution in [3.05, 3.63) is 70.8 Å². The molecule has 0 saturated heterocycles. The van der Waals surface area contributed by atoms with Crippen LogP contribution in [0.2, 0.25) is 0 Å². The molecule has 0 aromatic heterocycles. The van der Waals surface area contributed by atoms with E-state index in [4.69, 9.17) is 18.0 Å². The molecule has 1 aliphatic carbocycles. The minimum atomic E-state index is -0.0779. The molecule has 3 nitrogen and oxygen atoms in total. The van der Waals surface area contributed by atoms with Crippen LogP contribution in [0.4, 0.5) is 0 Å². The van der Waals surface area contributed by atoms with Gasteiger partial charge in [0.15, 0.2) is 0 Å². The number of rotatable bonds is 3. The number of hydrogen-bond acceptors (Lipinski definition) is 2. The first-order chi connectivity index (χ1) is 10.1. The minimum absolute atomic E-state index is 0.0779. The first kappa shape index (κ1) is 13.8. The predicted molar refractivity (Wildman–Crippen MR) is 87.4 cm³/mol. The largest absolute Gasteiger partial charge is 0.389 e. The molecule has 3 N–H and O–H groups in total. The molecule has 21 heavy (non-hydrogen) atoms. The van der Waals surface area contributed by atoms with E-state index in [1.807, 2.05) is 18.2 Å². The van der Waals surface area contributed by atoms with E-state index in [2.05, 4.69) is 17.4 Å². The summed E-state index contributed by atoms with van der Waals surface area (Å²) in [7, 11) is 0. The second kappa shape index (κ2) is 5.66. The molecule has 2 aromatic rings. The topological polar surface area (TPSA) is 55.1 Å². The first-order valence-electron chi connectivity index (χ1n) is 6.91. The van der Waals surface area contributed by atoms with E-state index < -0.39 is 0 Å². The number of amides is 1. The van der Waals surface area contributed by atoms with Gasteiger partial charge in [-0.1, -0.05) is 48.6 Å². The molecule has 0 bridgehead atoms. The van der Waals surface area contributed by atoms with Crippen LogP contribution >= 0.6 is 12.2 Å². The maximum Gasteiger partial charge on any atom is 0.251 e. The van der Waals surface area contributed by atoms with E-state index in [0.717, 1.165) is 12.8 Å². The second-order valence-electron chi connectivity index (χ2n) is 5.29. The summed E-state index contributed by atoms with van der Waals surface area (Å²) in [5, 5.41) is 3.09. The van der Waals surface area contributed by atoms with Crippen molar-refractivity contribution in [2.45, 2.75) is 18.9 Å². The van der Waals surface area contributed by atoms with Crippen LogP contribution in [0.15, 0.2) is 48.5 Å². The molecule has 1 amide bonds. The zero-order valence-corrected chi connectivity index (χ0v) is 12.3. The number of fused-ring (bicyclic) bond motifs is 1. The van der Waals surface area contributed by atoms with Crippen LogP contribution in [0.5, 0.6) is 0 Å². The summed E-state index contributed by atoms with van der Waals surface area (Å²) in [5.74, 6) is -0.0779. The Hall–Kier alpha value is -2.20. The van der Waals surface area contributed by atoms with Gasteiger partial charge in [0.05, 0.1) is 0 Å². The third-order valence-electron chi connectivity index (χ3n) is 3.80. The summed E-state index contributed by atoms with van der Waals surface area (Å²) in [4.78, 5) is 12.6. The van der Waals surface area contributed by atoms with Gasteiger partial charge in [-0.25, -0.2) is 0 Å². The molecule has 2 aromatic carbocycles. The van der Waals surface area contributed by atoms with Gasteiger partial charge in [0.25, 0.3) is 5.91 Å². The minimum Gasteiger partial charge on any atom is -0.389 e. The number of nitrogens with two attached hydrogens (primary N) is 1. The number of thiocarbonyl (C=S) groups is 1. The average Bonchev–Trinajstić information content (AvgIpc) is 2.89. The van der Waals surface area contributed by atoms with Crippen LogP contribution in [0, 0.1) is 0 Å². The molecule has 0 aliphatic heterocycles. The lowest BCUT2D eigenvalue weighted by Gasteiger charge is -2.12. The first-order valence-corrected chi connectivity index (χ1v) is 7.32. The van der Waals surface area contributed by atoms with Crippen molar-refractivity contribution >= 4 is 23.1 Å². The SMILES string of the molecule is NC(=S)c1cccc(C(=O)NC2Cc3ccccc3C2)c1. The molecule has 106 valence electrons. The van der Waals surface area contributed by atoms with Crippen LogP contribution in [0.25, 0.3) is 0 Å². The standard InChI is InChI=1S/C17H16N2OS/c18-16(21)13-6-3-7-14(8-13)17(20)19-15-9-11-4-1-2-5-12(11)10-15/h1-8,15H,9-10H2,(H2,18,21)(H,19,20). The van der Waals surface area contributed by atoms with Gasteiger partial charge in [0.2, 0.25) is 0 Å². The summed E-state index contributed by atoms with van der Waals surface area (Å²) < 4.78 is 0. The molecule has 0 atom stereocenters. The highest BCUT2D eigenvalue weighted by Crippen LogP contribution is 2.21. The third-order valence-corrected chi connectivity index (χ3v) is 4.03. The number of carbonyl (C=O) groups is 1. The number of nitrogens with one attached hydrogen (secondary N) is 1.